The van der Waals surface area contributed by atoms with E-state index in [1.54, 1.807) is 13.2 Å². The number of Topliss-reactive ketones (excluding diaryl/α,β-unsaturated/α-hetero) is 1. The van der Waals surface area contributed by atoms with Gasteiger partial charge in [0.25, 0.3) is 0 Å². The first kappa shape index (κ1) is 11.3. The Hall–Kier alpha value is -1.16. The molecule has 2 heterocycles. The fourth-order valence-electron chi connectivity index (χ4n) is 1.94. The zero-order chi connectivity index (χ0) is 11.4. The monoisotopic (exact) mass is 223 g/mol. The third kappa shape index (κ3) is 3.17. The second-order valence-corrected chi connectivity index (χ2v) is 4.30. The number of aromatic nitrogens is 1. The number of carbonyl (C=O) groups excluding carboxylic acids is 1. The second kappa shape index (κ2) is 5.25. The van der Waals surface area contributed by atoms with Gasteiger partial charge in [-0.2, -0.15) is 0 Å². The predicted octanol–water partition coefficient (Wildman–Crippen LogP) is 1.92. The van der Waals surface area contributed by atoms with E-state index in [1.807, 2.05) is 0 Å². The average Bonchev–Trinajstić information content (AvgIpc) is 2.66. The van der Waals surface area contributed by atoms with Crippen molar-refractivity contribution in [3.8, 4) is 0 Å². The molecule has 1 saturated heterocycles. The Morgan fingerprint density at radius 3 is 3.12 bits per heavy atom. The number of ketones is 1. The van der Waals surface area contributed by atoms with Gasteiger partial charge in [0.1, 0.15) is 12.0 Å². The van der Waals surface area contributed by atoms with Gasteiger partial charge in [0.15, 0.2) is 5.89 Å². The normalized spacial score (nSPS) is 20.9. The molecule has 1 unspecified atom stereocenters. The zero-order valence-electron chi connectivity index (χ0n) is 9.57. The first-order valence-electron chi connectivity index (χ1n) is 5.78. The summed E-state index contributed by atoms with van der Waals surface area (Å²) in [4.78, 5) is 15.2. The number of hydrogen-bond donors (Lipinski definition) is 0. The predicted molar refractivity (Wildman–Crippen MR) is 58.2 cm³/mol. The molecule has 1 fully saturated rings. The molecule has 1 aromatic rings. The van der Waals surface area contributed by atoms with E-state index < -0.39 is 0 Å². The van der Waals surface area contributed by atoms with Gasteiger partial charge in [-0.25, -0.2) is 4.98 Å². The Morgan fingerprint density at radius 1 is 1.56 bits per heavy atom. The Bertz CT molecular complexity index is 353. The molecule has 0 saturated carbocycles. The summed E-state index contributed by atoms with van der Waals surface area (Å²) in [5, 5.41) is 0. The first-order valence-corrected chi connectivity index (χ1v) is 5.78. The summed E-state index contributed by atoms with van der Waals surface area (Å²) in [6.45, 7) is 2.39. The summed E-state index contributed by atoms with van der Waals surface area (Å²) in [5.74, 6) is 0.789. The van der Waals surface area contributed by atoms with Crippen molar-refractivity contribution in [2.75, 3.05) is 6.61 Å². The molecule has 16 heavy (non-hydrogen) atoms. The minimum Gasteiger partial charge on any atom is -0.449 e. The van der Waals surface area contributed by atoms with Gasteiger partial charge in [-0.15, -0.1) is 0 Å². The van der Waals surface area contributed by atoms with Crippen LogP contribution in [0.2, 0.25) is 0 Å². The van der Waals surface area contributed by atoms with Gasteiger partial charge in [-0.1, -0.05) is 0 Å². The number of rotatable bonds is 4. The zero-order valence-corrected chi connectivity index (χ0v) is 9.57. The quantitative estimate of drug-likeness (QED) is 0.782. The molecule has 4 heteroatoms. The SMILES string of the molecule is CC(=O)Cc1coc(CC2CCCCO2)n1. The van der Waals surface area contributed by atoms with Crippen molar-refractivity contribution in [3.05, 3.63) is 17.8 Å². The van der Waals surface area contributed by atoms with Gasteiger partial charge in [-0.3, -0.25) is 4.79 Å². The lowest BCUT2D eigenvalue weighted by Crippen LogP contribution is -2.21. The smallest absolute Gasteiger partial charge is 0.196 e. The molecule has 1 aliphatic heterocycles. The topological polar surface area (TPSA) is 52.3 Å². The van der Waals surface area contributed by atoms with Gasteiger partial charge in [-0.05, 0) is 26.2 Å². The lowest BCUT2D eigenvalue weighted by molar-refractivity contribution is -0.116. The standard InChI is InChI=1S/C12H17NO3/c1-9(14)6-10-8-16-12(13-10)7-11-4-2-3-5-15-11/h8,11H,2-7H2,1H3. The Labute approximate surface area is 95.0 Å². The van der Waals surface area contributed by atoms with E-state index in [2.05, 4.69) is 4.98 Å². The fraction of sp³-hybridized carbons (Fsp3) is 0.667. The van der Waals surface area contributed by atoms with Crippen LogP contribution in [0.4, 0.5) is 0 Å². The van der Waals surface area contributed by atoms with Gasteiger partial charge in [0, 0.05) is 6.61 Å². The van der Waals surface area contributed by atoms with Crippen LogP contribution in [0.25, 0.3) is 0 Å². The maximum atomic E-state index is 10.9. The van der Waals surface area contributed by atoms with Crippen molar-refractivity contribution in [1.29, 1.82) is 0 Å². The summed E-state index contributed by atoms with van der Waals surface area (Å²) >= 11 is 0. The summed E-state index contributed by atoms with van der Waals surface area (Å²) < 4.78 is 10.9. The highest BCUT2D eigenvalue weighted by Gasteiger charge is 2.17. The molecule has 0 radical (unpaired) electrons. The van der Waals surface area contributed by atoms with Crippen molar-refractivity contribution in [3.63, 3.8) is 0 Å². The minimum absolute atomic E-state index is 0.105. The van der Waals surface area contributed by atoms with Crippen LogP contribution in [0, 0.1) is 0 Å². The lowest BCUT2D eigenvalue weighted by atomic mass is 10.1. The first-order chi connectivity index (χ1) is 7.74. The summed E-state index contributed by atoms with van der Waals surface area (Å²) in [5.41, 5.74) is 0.721. The summed E-state index contributed by atoms with van der Waals surface area (Å²) in [7, 11) is 0. The highest BCUT2D eigenvalue weighted by atomic mass is 16.5. The van der Waals surface area contributed by atoms with Crippen LogP contribution < -0.4 is 0 Å². The van der Waals surface area contributed by atoms with Crippen LogP contribution in [0.15, 0.2) is 10.7 Å². The van der Waals surface area contributed by atoms with Crippen molar-refractivity contribution in [1.82, 2.24) is 4.98 Å². The highest BCUT2D eigenvalue weighted by Crippen LogP contribution is 2.17. The molecule has 0 N–H and O–H groups in total. The van der Waals surface area contributed by atoms with Crippen LogP contribution in [0.1, 0.15) is 37.8 Å². The van der Waals surface area contributed by atoms with E-state index >= 15 is 0 Å². The van der Waals surface area contributed by atoms with E-state index in [9.17, 15) is 4.79 Å². The van der Waals surface area contributed by atoms with E-state index in [1.165, 1.54) is 6.42 Å². The molecule has 0 spiro atoms. The third-order valence-electron chi connectivity index (χ3n) is 2.71. The van der Waals surface area contributed by atoms with Crippen LogP contribution in [-0.2, 0) is 22.4 Å². The molecule has 4 nitrogen and oxygen atoms in total. The van der Waals surface area contributed by atoms with Crippen LogP contribution in [-0.4, -0.2) is 23.5 Å². The molecule has 1 aromatic heterocycles. The molecule has 0 amide bonds. The van der Waals surface area contributed by atoms with Gasteiger partial charge in [0.2, 0.25) is 0 Å². The molecule has 88 valence electrons. The number of nitrogens with zero attached hydrogens (tertiary/aromatic N) is 1. The molecule has 0 aromatic carbocycles. The molecule has 1 aliphatic rings. The minimum atomic E-state index is 0.105. The molecular formula is C12H17NO3. The number of hydrogen-bond acceptors (Lipinski definition) is 4. The molecule has 2 rings (SSSR count). The largest absolute Gasteiger partial charge is 0.449 e. The van der Waals surface area contributed by atoms with Crippen molar-refractivity contribution in [2.45, 2.75) is 45.1 Å². The number of oxazole rings is 1. The van der Waals surface area contributed by atoms with Crippen molar-refractivity contribution >= 4 is 5.78 Å². The summed E-state index contributed by atoms with van der Waals surface area (Å²) in [6.07, 6.45) is 6.32. The Morgan fingerprint density at radius 2 is 2.44 bits per heavy atom. The molecule has 0 bridgehead atoms. The van der Waals surface area contributed by atoms with Crippen LogP contribution in [0.3, 0.4) is 0 Å². The molecule has 1 atom stereocenters. The third-order valence-corrected chi connectivity index (χ3v) is 2.71. The Balaban J connectivity index is 1.88. The van der Waals surface area contributed by atoms with Crippen LogP contribution in [0.5, 0.6) is 0 Å². The van der Waals surface area contributed by atoms with Crippen LogP contribution >= 0.6 is 0 Å². The van der Waals surface area contributed by atoms with Gasteiger partial charge in [0.05, 0.1) is 24.6 Å². The summed E-state index contributed by atoms with van der Waals surface area (Å²) in [6, 6.07) is 0. The van der Waals surface area contributed by atoms with Crippen molar-refractivity contribution < 1.29 is 13.9 Å². The van der Waals surface area contributed by atoms with Gasteiger partial charge < -0.3 is 9.15 Å². The second-order valence-electron chi connectivity index (χ2n) is 4.30. The van der Waals surface area contributed by atoms with E-state index in [0.29, 0.717) is 12.3 Å². The Kier molecular flexibility index (Phi) is 3.72. The average molecular weight is 223 g/mol. The van der Waals surface area contributed by atoms with Crippen molar-refractivity contribution in [2.24, 2.45) is 0 Å². The van der Waals surface area contributed by atoms with Gasteiger partial charge >= 0.3 is 0 Å². The van der Waals surface area contributed by atoms with E-state index in [0.717, 1.165) is 31.6 Å². The molecule has 0 aliphatic carbocycles. The van der Waals surface area contributed by atoms with E-state index in [-0.39, 0.29) is 11.9 Å². The number of carbonyl (C=O) groups is 1. The number of ether oxygens (including phenoxy) is 1. The maximum Gasteiger partial charge on any atom is 0.196 e. The lowest BCUT2D eigenvalue weighted by Gasteiger charge is -2.20. The fourth-order valence-corrected chi connectivity index (χ4v) is 1.94. The van der Waals surface area contributed by atoms with E-state index in [4.69, 9.17) is 9.15 Å². The highest BCUT2D eigenvalue weighted by molar-refractivity contribution is 5.77. The molecular weight excluding hydrogens is 206 g/mol. The maximum absolute atomic E-state index is 10.9.